The minimum Gasteiger partial charge on any atom is -0.354 e. The maximum Gasteiger partial charge on any atom is 0.258 e. The third-order valence-corrected chi connectivity index (χ3v) is 3.40. The number of rotatable bonds is 4. The molecule has 116 valence electrons. The lowest BCUT2D eigenvalue weighted by Gasteiger charge is -2.05. The van der Waals surface area contributed by atoms with Crippen molar-refractivity contribution in [2.75, 3.05) is 5.32 Å². The molecule has 0 aliphatic rings. The Morgan fingerprint density at radius 3 is 2.50 bits per heavy atom. The molecule has 1 N–H and O–H groups in total. The van der Waals surface area contributed by atoms with Gasteiger partial charge in [-0.15, -0.1) is 0 Å². The average molecular weight is 315 g/mol. The zero-order valence-corrected chi connectivity index (χ0v) is 12.6. The van der Waals surface area contributed by atoms with Gasteiger partial charge in [0.2, 0.25) is 5.82 Å². The number of hydrogen-bond donors (Lipinski definition) is 1. The van der Waals surface area contributed by atoms with Crippen molar-refractivity contribution in [2.45, 2.75) is 0 Å². The van der Waals surface area contributed by atoms with Crippen molar-refractivity contribution in [3.05, 3.63) is 73.2 Å². The molecule has 0 atom stereocenters. The maximum absolute atomic E-state index is 5.33. The summed E-state index contributed by atoms with van der Waals surface area (Å²) in [5.74, 6) is 0.937. The molecule has 1 aromatic carbocycles. The van der Waals surface area contributed by atoms with Crippen molar-refractivity contribution in [1.82, 2.24) is 20.1 Å². The summed E-state index contributed by atoms with van der Waals surface area (Å²) in [6.45, 7) is 0. The highest BCUT2D eigenvalue weighted by Gasteiger charge is 2.11. The Bertz CT molecular complexity index is 921. The third-order valence-electron chi connectivity index (χ3n) is 3.40. The van der Waals surface area contributed by atoms with E-state index in [2.05, 4.69) is 25.4 Å². The SMILES string of the molecule is c1ccc(-c2noc(-c3ccc(Nc4cccnc4)cc3)n2)nc1. The zero-order valence-electron chi connectivity index (χ0n) is 12.6. The molecule has 0 spiro atoms. The van der Waals surface area contributed by atoms with Crippen LogP contribution in [0.3, 0.4) is 0 Å². The largest absolute Gasteiger partial charge is 0.354 e. The lowest BCUT2D eigenvalue weighted by Crippen LogP contribution is -1.90. The highest BCUT2D eigenvalue weighted by Crippen LogP contribution is 2.23. The molecule has 0 fully saturated rings. The van der Waals surface area contributed by atoms with Crippen molar-refractivity contribution in [2.24, 2.45) is 0 Å². The van der Waals surface area contributed by atoms with Crippen molar-refractivity contribution in [1.29, 1.82) is 0 Å². The molecule has 3 aromatic heterocycles. The van der Waals surface area contributed by atoms with Gasteiger partial charge < -0.3 is 9.84 Å². The van der Waals surface area contributed by atoms with E-state index in [-0.39, 0.29) is 0 Å². The summed E-state index contributed by atoms with van der Waals surface area (Å²) in [6, 6.07) is 17.2. The van der Waals surface area contributed by atoms with E-state index in [1.165, 1.54) is 0 Å². The molecule has 6 heteroatoms. The van der Waals surface area contributed by atoms with Gasteiger partial charge in [-0.2, -0.15) is 4.98 Å². The Balaban J connectivity index is 1.54. The molecular weight excluding hydrogens is 302 g/mol. The second kappa shape index (κ2) is 6.29. The molecular formula is C18H13N5O. The molecule has 0 unspecified atom stereocenters. The molecule has 24 heavy (non-hydrogen) atoms. The van der Waals surface area contributed by atoms with Crippen LogP contribution in [0.4, 0.5) is 11.4 Å². The second-order valence-electron chi connectivity index (χ2n) is 5.08. The first-order valence-electron chi connectivity index (χ1n) is 7.41. The van der Waals surface area contributed by atoms with E-state index >= 15 is 0 Å². The Morgan fingerprint density at radius 2 is 1.75 bits per heavy atom. The molecule has 4 aromatic rings. The fourth-order valence-electron chi connectivity index (χ4n) is 2.24. The molecule has 4 rings (SSSR count). The minimum absolute atomic E-state index is 0.462. The van der Waals surface area contributed by atoms with E-state index < -0.39 is 0 Å². The molecule has 6 nitrogen and oxygen atoms in total. The van der Waals surface area contributed by atoms with E-state index in [0.717, 1.165) is 16.9 Å². The van der Waals surface area contributed by atoms with Gasteiger partial charge in [-0.3, -0.25) is 9.97 Å². The van der Waals surface area contributed by atoms with Crippen molar-refractivity contribution in [3.63, 3.8) is 0 Å². The summed E-state index contributed by atoms with van der Waals surface area (Å²) in [5.41, 5.74) is 3.42. The summed E-state index contributed by atoms with van der Waals surface area (Å²) in [4.78, 5) is 12.7. The molecule has 0 saturated heterocycles. The Labute approximate surface area is 138 Å². The first-order valence-corrected chi connectivity index (χ1v) is 7.41. The van der Waals surface area contributed by atoms with Crippen LogP contribution in [-0.4, -0.2) is 20.1 Å². The van der Waals surface area contributed by atoms with Gasteiger partial charge >= 0.3 is 0 Å². The van der Waals surface area contributed by atoms with E-state index in [4.69, 9.17) is 4.52 Å². The van der Waals surface area contributed by atoms with Crippen LogP contribution < -0.4 is 5.32 Å². The summed E-state index contributed by atoms with van der Waals surface area (Å²) >= 11 is 0. The van der Waals surface area contributed by atoms with E-state index in [0.29, 0.717) is 17.4 Å². The predicted octanol–water partition coefficient (Wildman–Crippen LogP) is 3.94. The van der Waals surface area contributed by atoms with Crippen LogP contribution in [0.2, 0.25) is 0 Å². The fourth-order valence-corrected chi connectivity index (χ4v) is 2.24. The molecule has 0 aliphatic carbocycles. The summed E-state index contributed by atoms with van der Waals surface area (Å²) < 4.78 is 5.33. The van der Waals surface area contributed by atoms with Gasteiger partial charge in [-0.05, 0) is 48.5 Å². The first kappa shape index (κ1) is 14.1. The minimum atomic E-state index is 0.462. The Hall–Kier alpha value is -3.54. The topological polar surface area (TPSA) is 76.7 Å². The van der Waals surface area contributed by atoms with E-state index in [9.17, 15) is 0 Å². The smallest absolute Gasteiger partial charge is 0.258 e. The van der Waals surface area contributed by atoms with Gasteiger partial charge in [0.05, 0.1) is 11.9 Å². The monoisotopic (exact) mass is 315 g/mol. The lowest BCUT2D eigenvalue weighted by molar-refractivity contribution is 0.432. The van der Waals surface area contributed by atoms with Gasteiger partial charge in [0.15, 0.2) is 0 Å². The molecule has 0 radical (unpaired) electrons. The summed E-state index contributed by atoms with van der Waals surface area (Å²) in [5, 5.41) is 7.25. The number of anilines is 2. The van der Waals surface area contributed by atoms with E-state index in [1.54, 1.807) is 18.6 Å². The van der Waals surface area contributed by atoms with Crippen LogP contribution in [0.25, 0.3) is 23.0 Å². The van der Waals surface area contributed by atoms with Gasteiger partial charge in [0.1, 0.15) is 5.69 Å². The quantitative estimate of drug-likeness (QED) is 0.614. The number of hydrogen-bond acceptors (Lipinski definition) is 6. The third kappa shape index (κ3) is 2.98. The number of aromatic nitrogens is 4. The average Bonchev–Trinajstić information content (AvgIpc) is 3.14. The summed E-state index contributed by atoms with van der Waals surface area (Å²) in [7, 11) is 0. The van der Waals surface area contributed by atoms with Crippen molar-refractivity contribution < 1.29 is 4.52 Å². The van der Waals surface area contributed by atoms with Crippen LogP contribution >= 0.6 is 0 Å². The highest BCUT2D eigenvalue weighted by atomic mass is 16.5. The van der Waals surface area contributed by atoms with Gasteiger partial charge in [0, 0.05) is 23.6 Å². The second-order valence-corrected chi connectivity index (χ2v) is 5.08. The van der Waals surface area contributed by atoms with Crippen molar-refractivity contribution in [3.8, 4) is 23.0 Å². The van der Waals surface area contributed by atoms with Crippen LogP contribution in [-0.2, 0) is 0 Å². The van der Waals surface area contributed by atoms with Gasteiger partial charge in [-0.25, -0.2) is 0 Å². The number of nitrogens with one attached hydrogen (secondary N) is 1. The van der Waals surface area contributed by atoms with Crippen molar-refractivity contribution >= 4 is 11.4 Å². The maximum atomic E-state index is 5.33. The van der Waals surface area contributed by atoms with Crippen LogP contribution in [0, 0.1) is 0 Å². The molecule has 0 aliphatic heterocycles. The van der Waals surface area contributed by atoms with Crippen LogP contribution in [0.5, 0.6) is 0 Å². The molecule has 0 saturated carbocycles. The predicted molar refractivity (Wildman–Crippen MR) is 90.5 cm³/mol. The van der Waals surface area contributed by atoms with Gasteiger partial charge in [-0.1, -0.05) is 11.2 Å². The number of nitrogens with zero attached hydrogens (tertiary/aromatic N) is 4. The Kier molecular flexibility index (Phi) is 3.69. The fraction of sp³-hybridized carbons (Fsp3) is 0. The molecule has 0 bridgehead atoms. The Morgan fingerprint density at radius 1 is 0.833 bits per heavy atom. The molecule has 0 amide bonds. The van der Waals surface area contributed by atoms with Crippen LogP contribution in [0.1, 0.15) is 0 Å². The number of benzene rings is 1. The highest BCUT2D eigenvalue weighted by molar-refractivity contribution is 5.64. The molecule has 3 heterocycles. The van der Waals surface area contributed by atoms with Crippen LogP contribution in [0.15, 0.2) is 77.7 Å². The van der Waals surface area contributed by atoms with Gasteiger partial charge in [0.25, 0.3) is 5.89 Å². The zero-order chi connectivity index (χ0) is 16.2. The number of pyridine rings is 2. The lowest BCUT2D eigenvalue weighted by atomic mass is 10.2. The summed E-state index contributed by atoms with van der Waals surface area (Å²) in [6.07, 6.45) is 5.21. The standard InChI is InChI=1S/C18H13N5O/c1-2-11-20-16(5-1)17-22-18(24-23-17)13-6-8-14(9-7-13)21-15-4-3-10-19-12-15/h1-12,21H. The normalized spacial score (nSPS) is 10.5. The first-order chi connectivity index (χ1) is 11.9. The van der Waals surface area contributed by atoms with E-state index in [1.807, 2.05) is 54.6 Å².